The predicted octanol–water partition coefficient (Wildman–Crippen LogP) is 1.39. The lowest BCUT2D eigenvalue weighted by molar-refractivity contribution is -0.111. The highest BCUT2D eigenvalue weighted by Crippen LogP contribution is 2.17. The van der Waals surface area contributed by atoms with Gasteiger partial charge >= 0.3 is 0 Å². The van der Waals surface area contributed by atoms with E-state index in [0.29, 0.717) is 0 Å². The van der Waals surface area contributed by atoms with E-state index in [1.54, 1.807) is 0 Å². The first kappa shape index (κ1) is 7.73. The van der Waals surface area contributed by atoms with Gasteiger partial charge in [-0.25, -0.2) is 0 Å². The highest BCUT2D eigenvalue weighted by atomic mass is 16.5. The monoisotopic (exact) mass is 142 g/mol. The van der Waals surface area contributed by atoms with Gasteiger partial charge in [-0.05, 0) is 26.2 Å². The third kappa shape index (κ3) is 2.10. The van der Waals surface area contributed by atoms with Crippen molar-refractivity contribution in [2.45, 2.75) is 32.3 Å². The van der Waals surface area contributed by atoms with E-state index in [-0.39, 0.29) is 12.0 Å². The minimum Gasteiger partial charge on any atom is -0.378 e. The molecule has 0 bridgehead atoms. The summed E-state index contributed by atoms with van der Waals surface area (Å²) in [6.45, 7) is 2.85. The zero-order valence-electron chi connectivity index (χ0n) is 6.38. The molecule has 0 aromatic rings. The van der Waals surface area contributed by atoms with Crippen LogP contribution in [0.5, 0.6) is 0 Å². The third-order valence-electron chi connectivity index (χ3n) is 1.95. The summed E-state index contributed by atoms with van der Waals surface area (Å²) in [5.74, 6) is 0.248. The minimum atomic E-state index is 0.248. The maximum atomic E-state index is 10.4. The molecule has 1 aliphatic heterocycles. The van der Waals surface area contributed by atoms with Crippen LogP contribution < -0.4 is 0 Å². The van der Waals surface area contributed by atoms with Crippen LogP contribution in [-0.2, 0) is 9.53 Å². The fraction of sp³-hybridized carbons (Fsp3) is 0.875. The molecule has 0 aromatic carbocycles. The van der Waals surface area contributed by atoms with Crippen molar-refractivity contribution in [1.29, 1.82) is 0 Å². The van der Waals surface area contributed by atoms with E-state index in [1.807, 2.05) is 6.92 Å². The summed E-state index contributed by atoms with van der Waals surface area (Å²) < 4.78 is 5.38. The standard InChI is InChI=1S/C8H14O2/c1-7-5-8(6-9)3-2-4-10-7/h6-8H,2-5H2,1H3. The van der Waals surface area contributed by atoms with Crippen LogP contribution in [0.25, 0.3) is 0 Å². The van der Waals surface area contributed by atoms with Gasteiger partial charge in [-0.2, -0.15) is 0 Å². The molecule has 0 saturated carbocycles. The van der Waals surface area contributed by atoms with Crippen molar-refractivity contribution in [1.82, 2.24) is 0 Å². The number of ether oxygens (including phenoxy) is 1. The summed E-state index contributed by atoms with van der Waals surface area (Å²) in [7, 11) is 0. The molecule has 10 heavy (non-hydrogen) atoms. The van der Waals surface area contributed by atoms with Gasteiger partial charge in [-0.1, -0.05) is 0 Å². The molecule has 1 aliphatic rings. The van der Waals surface area contributed by atoms with Crippen LogP contribution in [-0.4, -0.2) is 19.0 Å². The highest BCUT2D eigenvalue weighted by molar-refractivity contribution is 5.53. The Morgan fingerprint density at radius 3 is 3.10 bits per heavy atom. The molecule has 0 radical (unpaired) electrons. The van der Waals surface area contributed by atoms with Crippen LogP contribution in [0.3, 0.4) is 0 Å². The maximum absolute atomic E-state index is 10.4. The molecule has 0 aromatic heterocycles. The van der Waals surface area contributed by atoms with E-state index < -0.39 is 0 Å². The summed E-state index contributed by atoms with van der Waals surface area (Å²) in [4.78, 5) is 10.4. The van der Waals surface area contributed by atoms with Gasteiger partial charge in [0.15, 0.2) is 0 Å². The molecule has 1 saturated heterocycles. The summed E-state index contributed by atoms with van der Waals surface area (Å²) in [5, 5.41) is 0. The summed E-state index contributed by atoms with van der Waals surface area (Å²) in [6.07, 6.45) is 4.29. The molecule has 0 aliphatic carbocycles. The van der Waals surface area contributed by atoms with Gasteiger partial charge in [0.05, 0.1) is 6.10 Å². The first-order chi connectivity index (χ1) is 4.83. The Balaban J connectivity index is 2.37. The van der Waals surface area contributed by atoms with Gasteiger partial charge in [-0.3, -0.25) is 0 Å². The van der Waals surface area contributed by atoms with Gasteiger partial charge in [0.25, 0.3) is 0 Å². The molecule has 1 fully saturated rings. The Morgan fingerprint density at radius 2 is 2.40 bits per heavy atom. The van der Waals surface area contributed by atoms with Gasteiger partial charge in [0.2, 0.25) is 0 Å². The molecule has 0 N–H and O–H groups in total. The fourth-order valence-corrected chi connectivity index (χ4v) is 1.37. The second kappa shape index (κ2) is 3.71. The third-order valence-corrected chi connectivity index (χ3v) is 1.95. The Morgan fingerprint density at radius 1 is 1.60 bits per heavy atom. The lowest BCUT2D eigenvalue weighted by Gasteiger charge is -2.09. The number of hydrogen-bond acceptors (Lipinski definition) is 2. The normalized spacial score (nSPS) is 34.9. The first-order valence-electron chi connectivity index (χ1n) is 3.90. The Bertz CT molecular complexity index is 112. The lowest BCUT2D eigenvalue weighted by Crippen LogP contribution is -2.10. The maximum Gasteiger partial charge on any atom is 0.123 e. The smallest absolute Gasteiger partial charge is 0.123 e. The van der Waals surface area contributed by atoms with Crippen molar-refractivity contribution < 1.29 is 9.53 Å². The zero-order chi connectivity index (χ0) is 7.40. The van der Waals surface area contributed by atoms with Crippen molar-refractivity contribution in [3.05, 3.63) is 0 Å². The van der Waals surface area contributed by atoms with Gasteiger partial charge in [0.1, 0.15) is 6.29 Å². The lowest BCUT2D eigenvalue weighted by atomic mass is 10.0. The number of aldehydes is 1. The van der Waals surface area contributed by atoms with E-state index in [4.69, 9.17) is 4.74 Å². The summed E-state index contributed by atoms with van der Waals surface area (Å²) >= 11 is 0. The quantitative estimate of drug-likeness (QED) is 0.517. The van der Waals surface area contributed by atoms with Gasteiger partial charge in [-0.15, -0.1) is 0 Å². The minimum absolute atomic E-state index is 0.248. The zero-order valence-corrected chi connectivity index (χ0v) is 6.38. The highest BCUT2D eigenvalue weighted by Gasteiger charge is 2.15. The van der Waals surface area contributed by atoms with Crippen molar-refractivity contribution in [3.63, 3.8) is 0 Å². The largest absolute Gasteiger partial charge is 0.378 e. The molecular weight excluding hydrogens is 128 g/mol. The number of hydrogen-bond donors (Lipinski definition) is 0. The van der Waals surface area contributed by atoms with E-state index >= 15 is 0 Å². The molecule has 1 heterocycles. The van der Waals surface area contributed by atoms with Crippen LogP contribution in [0.1, 0.15) is 26.2 Å². The van der Waals surface area contributed by atoms with Crippen molar-refractivity contribution in [2.24, 2.45) is 5.92 Å². The summed E-state index contributed by atoms with van der Waals surface area (Å²) in [5.41, 5.74) is 0. The Kier molecular flexibility index (Phi) is 2.87. The van der Waals surface area contributed by atoms with Crippen LogP contribution in [0.2, 0.25) is 0 Å². The van der Waals surface area contributed by atoms with E-state index in [0.717, 1.165) is 32.2 Å². The van der Waals surface area contributed by atoms with Crippen LogP contribution in [0.4, 0.5) is 0 Å². The van der Waals surface area contributed by atoms with E-state index in [9.17, 15) is 4.79 Å². The van der Waals surface area contributed by atoms with Crippen LogP contribution in [0, 0.1) is 5.92 Å². The molecule has 2 unspecified atom stereocenters. The van der Waals surface area contributed by atoms with E-state index in [1.165, 1.54) is 0 Å². The topological polar surface area (TPSA) is 26.3 Å². The van der Waals surface area contributed by atoms with Crippen LogP contribution in [0.15, 0.2) is 0 Å². The molecule has 1 rings (SSSR count). The Hall–Kier alpha value is -0.370. The fourth-order valence-electron chi connectivity index (χ4n) is 1.37. The molecule has 2 heteroatoms. The average molecular weight is 142 g/mol. The molecule has 0 amide bonds. The van der Waals surface area contributed by atoms with Crippen molar-refractivity contribution in [2.75, 3.05) is 6.61 Å². The average Bonchev–Trinajstić information content (AvgIpc) is 2.13. The number of rotatable bonds is 1. The number of carbonyl (C=O) groups excluding carboxylic acids is 1. The molecular formula is C8H14O2. The summed E-state index contributed by atoms with van der Waals surface area (Å²) in [6, 6.07) is 0. The molecule has 2 nitrogen and oxygen atoms in total. The molecule has 58 valence electrons. The SMILES string of the molecule is CC1CC(C=O)CCCO1. The van der Waals surface area contributed by atoms with Crippen molar-refractivity contribution >= 4 is 6.29 Å². The van der Waals surface area contributed by atoms with Gasteiger partial charge < -0.3 is 9.53 Å². The predicted molar refractivity (Wildman–Crippen MR) is 38.8 cm³/mol. The Labute approximate surface area is 61.6 Å². The van der Waals surface area contributed by atoms with Gasteiger partial charge in [0, 0.05) is 12.5 Å². The van der Waals surface area contributed by atoms with E-state index in [2.05, 4.69) is 0 Å². The second-order valence-corrected chi connectivity index (χ2v) is 2.96. The molecule has 0 spiro atoms. The van der Waals surface area contributed by atoms with Crippen LogP contribution >= 0.6 is 0 Å². The van der Waals surface area contributed by atoms with Crippen molar-refractivity contribution in [3.8, 4) is 0 Å². The number of carbonyl (C=O) groups is 1. The molecule has 2 atom stereocenters. The first-order valence-corrected chi connectivity index (χ1v) is 3.90. The second-order valence-electron chi connectivity index (χ2n) is 2.96.